The van der Waals surface area contributed by atoms with E-state index >= 15 is 0 Å². The van der Waals surface area contributed by atoms with Gasteiger partial charge in [0.1, 0.15) is 10.5 Å². The molecule has 0 aliphatic carbocycles. The van der Waals surface area contributed by atoms with Crippen molar-refractivity contribution in [3.63, 3.8) is 0 Å². The molecule has 10 rings (SSSR count). The highest BCUT2D eigenvalue weighted by atomic mass is 32.1. The van der Waals surface area contributed by atoms with E-state index in [1.807, 2.05) is 18.2 Å². The van der Waals surface area contributed by atoms with Crippen LogP contribution in [0, 0.1) is 0 Å². The van der Waals surface area contributed by atoms with Crippen molar-refractivity contribution in [3.05, 3.63) is 182 Å². The van der Waals surface area contributed by atoms with Gasteiger partial charge in [0.05, 0.1) is 26.9 Å². The summed E-state index contributed by atoms with van der Waals surface area (Å²) in [7, 11) is 0. The second-order valence-electron chi connectivity index (χ2n) is 12.9. The molecule has 4 nitrogen and oxygen atoms in total. The first kappa shape index (κ1) is 30.2. The normalized spacial score (nSPS) is 11.5. The van der Waals surface area contributed by atoms with E-state index in [4.69, 9.17) is 15.0 Å². The molecular weight excluding hydrogens is 653 g/mol. The second-order valence-corrected chi connectivity index (χ2v) is 13.9. The van der Waals surface area contributed by atoms with Crippen LogP contribution in [0.3, 0.4) is 0 Å². The van der Waals surface area contributed by atoms with Crippen LogP contribution < -0.4 is 0 Å². The maximum atomic E-state index is 5.34. The van der Waals surface area contributed by atoms with E-state index in [9.17, 15) is 0 Å². The minimum Gasteiger partial charge on any atom is -0.306 e. The summed E-state index contributed by atoms with van der Waals surface area (Å²) >= 11 is 1.73. The largest absolute Gasteiger partial charge is 0.306 e. The molecule has 0 amide bonds. The zero-order valence-electron chi connectivity index (χ0n) is 28.0. The van der Waals surface area contributed by atoms with Gasteiger partial charge in [-0.25, -0.2) is 15.0 Å². The Morgan fingerprint density at radius 2 is 0.981 bits per heavy atom. The molecule has 0 aliphatic rings. The summed E-state index contributed by atoms with van der Waals surface area (Å²) in [6.07, 6.45) is 0. The molecule has 10 aromatic rings. The van der Waals surface area contributed by atoms with Gasteiger partial charge in [-0.15, -0.1) is 11.3 Å². The topological polar surface area (TPSA) is 43.6 Å². The van der Waals surface area contributed by atoms with Gasteiger partial charge in [0.15, 0.2) is 5.82 Å². The number of aromatic nitrogens is 4. The molecule has 0 radical (unpaired) electrons. The smallest absolute Gasteiger partial charge is 0.160 e. The summed E-state index contributed by atoms with van der Waals surface area (Å²) in [5.41, 5.74) is 13.8. The highest BCUT2D eigenvalue weighted by molar-refractivity contribution is 7.21. The lowest BCUT2D eigenvalue weighted by Gasteiger charge is -2.13. The van der Waals surface area contributed by atoms with Gasteiger partial charge < -0.3 is 4.57 Å². The number of hydrogen-bond acceptors (Lipinski definition) is 4. The van der Waals surface area contributed by atoms with Crippen molar-refractivity contribution in [2.45, 2.75) is 0 Å². The number of nitrogens with zero attached hydrogens (tertiary/aromatic N) is 4. The Bertz CT molecular complexity index is 2870. The van der Waals surface area contributed by atoms with Gasteiger partial charge in [-0.1, -0.05) is 133 Å². The Balaban J connectivity index is 1.09. The standard InChI is InChI=1S/C47H30N4S/c1-3-14-31(15-4-1)43-45-44(39-24-7-9-26-41(39)51(45)38-22-5-2-6-23-38)50-46(49-43)36-20-12-18-34(29-36)32-16-11-17-33(28-32)35-19-13-21-37(30-35)47-48-40-25-8-10-27-42(40)52-47/h1-30H. The Morgan fingerprint density at radius 3 is 1.71 bits per heavy atom. The monoisotopic (exact) mass is 682 g/mol. The molecule has 52 heavy (non-hydrogen) atoms. The average Bonchev–Trinajstić information content (AvgIpc) is 3.81. The molecule has 3 aromatic heterocycles. The molecule has 244 valence electrons. The quantitative estimate of drug-likeness (QED) is 0.175. The van der Waals surface area contributed by atoms with E-state index in [2.05, 4.69) is 168 Å². The first-order chi connectivity index (χ1) is 25.8. The molecule has 0 fully saturated rings. The Labute approximate surface area is 305 Å². The minimum atomic E-state index is 0.698. The van der Waals surface area contributed by atoms with E-state index in [-0.39, 0.29) is 0 Å². The number of benzene rings is 7. The maximum absolute atomic E-state index is 5.34. The molecule has 0 saturated carbocycles. The lowest BCUT2D eigenvalue weighted by atomic mass is 9.97. The van der Waals surface area contributed by atoms with Crippen LogP contribution in [0.4, 0.5) is 0 Å². The average molecular weight is 683 g/mol. The molecule has 5 heteroatoms. The summed E-state index contributed by atoms with van der Waals surface area (Å²) in [5.74, 6) is 0.698. The molecule has 0 saturated heterocycles. The highest BCUT2D eigenvalue weighted by Gasteiger charge is 2.21. The van der Waals surface area contributed by atoms with E-state index in [0.29, 0.717) is 5.82 Å². The zero-order valence-corrected chi connectivity index (χ0v) is 28.8. The lowest BCUT2D eigenvalue weighted by molar-refractivity contribution is 1.15. The van der Waals surface area contributed by atoms with Gasteiger partial charge in [-0.2, -0.15) is 0 Å². The molecule has 0 spiro atoms. The van der Waals surface area contributed by atoms with E-state index in [0.717, 1.165) is 82.8 Å². The summed E-state index contributed by atoms with van der Waals surface area (Å²) < 4.78 is 3.50. The highest BCUT2D eigenvalue weighted by Crippen LogP contribution is 2.39. The number of para-hydroxylation sites is 3. The Morgan fingerprint density at radius 1 is 0.423 bits per heavy atom. The van der Waals surface area contributed by atoms with Gasteiger partial charge >= 0.3 is 0 Å². The lowest BCUT2D eigenvalue weighted by Crippen LogP contribution is -1.99. The van der Waals surface area contributed by atoms with Crippen LogP contribution >= 0.6 is 11.3 Å². The van der Waals surface area contributed by atoms with Crippen LogP contribution in [0.15, 0.2) is 182 Å². The van der Waals surface area contributed by atoms with Crippen LogP contribution in [0.25, 0.3) is 93.3 Å². The molecule has 3 heterocycles. The molecular formula is C47H30N4S. The fraction of sp³-hybridized carbons (Fsp3) is 0. The maximum Gasteiger partial charge on any atom is 0.160 e. The third kappa shape index (κ3) is 5.27. The zero-order chi connectivity index (χ0) is 34.4. The third-order valence-corrected chi connectivity index (χ3v) is 10.7. The number of fused-ring (bicyclic) bond motifs is 4. The van der Waals surface area contributed by atoms with Crippen molar-refractivity contribution in [1.29, 1.82) is 0 Å². The Hall–Kier alpha value is -6.69. The van der Waals surface area contributed by atoms with Crippen LogP contribution in [-0.4, -0.2) is 19.5 Å². The van der Waals surface area contributed by atoms with Crippen molar-refractivity contribution >= 4 is 43.5 Å². The van der Waals surface area contributed by atoms with Crippen LogP contribution in [0.5, 0.6) is 0 Å². The van der Waals surface area contributed by atoms with E-state index < -0.39 is 0 Å². The number of hydrogen-bond donors (Lipinski definition) is 0. The summed E-state index contributed by atoms with van der Waals surface area (Å²) in [6.45, 7) is 0. The summed E-state index contributed by atoms with van der Waals surface area (Å²) in [6, 6.07) is 63.8. The minimum absolute atomic E-state index is 0.698. The molecule has 0 atom stereocenters. The third-order valence-electron chi connectivity index (χ3n) is 9.62. The number of thiazole rings is 1. The van der Waals surface area contributed by atoms with E-state index in [1.165, 1.54) is 4.70 Å². The molecule has 0 bridgehead atoms. The molecule has 7 aromatic carbocycles. The predicted molar refractivity (Wildman–Crippen MR) is 217 cm³/mol. The van der Waals surface area contributed by atoms with Gasteiger partial charge in [-0.3, -0.25) is 0 Å². The molecule has 0 unspecified atom stereocenters. The summed E-state index contributed by atoms with van der Waals surface area (Å²) in [4.78, 5) is 15.6. The van der Waals surface area contributed by atoms with Crippen LogP contribution in [-0.2, 0) is 0 Å². The van der Waals surface area contributed by atoms with Gasteiger partial charge in [0.2, 0.25) is 0 Å². The van der Waals surface area contributed by atoms with Crippen molar-refractivity contribution in [2.24, 2.45) is 0 Å². The van der Waals surface area contributed by atoms with Gasteiger partial charge in [0, 0.05) is 27.8 Å². The SMILES string of the molecule is c1ccc(-c2nc(-c3cccc(-c4cccc(-c5cccc(-c6nc7ccccc7s6)c5)c4)c3)nc3c4ccccc4n(-c4ccccc4)c23)cc1. The van der Waals surface area contributed by atoms with Gasteiger partial charge in [0.25, 0.3) is 0 Å². The number of rotatable bonds is 6. The Kier molecular flexibility index (Phi) is 7.29. The summed E-state index contributed by atoms with van der Waals surface area (Å²) in [5, 5.41) is 2.13. The van der Waals surface area contributed by atoms with Crippen molar-refractivity contribution in [2.75, 3.05) is 0 Å². The fourth-order valence-electron chi connectivity index (χ4n) is 7.16. The van der Waals surface area contributed by atoms with Crippen molar-refractivity contribution in [1.82, 2.24) is 19.5 Å². The second kappa shape index (κ2) is 12.6. The fourth-order valence-corrected chi connectivity index (χ4v) is 8.12. The first-order valence-electron chi connectivity index (χ1n) is 17.4. The van der Waals surface area contributed by atoms with Crippen molar-refractivity contribution in [3.8, 4) is 61.2 Å². The molecule has 0 N–H and O–H groups in total. The predicted octanol–water partition coefficient (Wildman–Crippen LogP) is 12.5. The van der Waals surface area contributed by atoms with Crippen LogP contribution in [0.1, 0.15) is 0 Å². The molecule has 0 aliphatic heterocycles. The van der Waals surface area contributed by atoms with E-state index in [1.54, 1.807) is 11.3 Å². The first-order valence-corrected chi connectivity index (χ1v) is 18.2. The van der Waals surface area contributed by atoms with Crippen LogP contribution in [0.2, 0.25) is 0 Å². The van der Waals surface area contributed by atoms with Gasteiger partial charge in [-0.05, 0) is 70.8 Å². The van der Waals surface area contributed by atoms with Crippen molar-refractivity contribution < 1.29 is 0 Å².